The van der Waals surface area contributed by atoms with Crippen LogP contribution in [0.15, 0.2) is 54.6 Å². The van der Waals surface area contributed by atoms with E-state index in [2.05, 4.69) is 17.4 Å². The maximum Gasteiger partial charge on any atom is 0.220 e. The maximum absolute atomic E-state index is 11.8. The van der Waals surface area contributed by atoms with Crippen LogP contribution in [0.5, 0.6) is 11.5 Å². The quantitative estimate of drug-likeness (QED) is 0.629. The van der Waals surface area contributed by atoms with Crippen molar-refractivity contribution in [3.8, 4) is 11.5 Å². The van der Waals surface area contributed by atoms with Gasteiger partial charge in [0.05, 0.1) is 13.7 Å². The van der Waals surface area contributed by atoms with E-state index >= 15 is 0 Å². The van der Waals surface area contributed by atoms with Crippen LogP contribution < -0.4 is 14.8 Å². The number of nitrogens with one attached hydrogen (secondary N) is 1. The summed E-state index contributed by atoms with van der Waals surface area (Å²) in [6, 6.07) is 17.8. The van der Waals surface area contributed by atoms with Crippen LogP contribution in [0.25, 0.3) is 0 Å². The Morgan fingerprint density at radius 2 is 1.68 bits per heavy atom. The molecule has 0 aromatic heterocycles. The highest BCUT2D eigenvalue weighted by Crippen LogP contribution is 2.13. The van der Waals surface area contributed by atoms with E-state index in [1.165, 1.54) is 5.56 Å². The van der Waals surface area contributed by atoms with E-state index in [-0.39, 0.29) is 5.91 Å². The molecule has 4 nitrogen and oxygen atoms in total. The highest BCUT2D eigenvalue weighted by Gasteiger charge is 2.01. The van der Waals surface area contributed by atoms with Crippen LogP contribution in [-0.2, 0) is 11.2 Å². The standard InChI is InChI=1S/C21H27NO3/c1-24-19-14-12-18(13-15-19)8-5-6-16-22-21(23)11-7-17-25-20-9-3-2-4-10-20/h2-4,9-10,12-15H,5-8,11,16-17H2,1H3,(H,22,23). The van der Waals surface area contributed by atoms with Gasteiger partial charge in [-0.2, -0.15) is 0 Å². The summed E-state index contributed by atoms with van der Waals surface area (Å²) in [5.74, 6) is 1.83. The number of unbranched alkanes of at least 4 members (excludes halogenated alkanes) is 1. The second-order valence-corrected chi connectivity index (χ2v) is 5.92. The summed E-state index contributed by atoms with van der Waals surface area (Å²) < 4.78 is 10.7. The summed E-state index contributed by atoms with van der Waals surface area (Å²) in [4.78, 5) is 11.8. The molecule has 25 heavy (non-hydrogen) atoms. The van der Waals surface area contributed by atoms with Crippen LogP contribution >= 0.6 is 0 Å². The lowest BCUT2D eigenvalue weighted by atomic mass is 10.1. The van der Waals surface area contributed by atoms with E-state index in [9.17, 15) is 4.79 Å². The minimum Gasteiger partial charge on any atom is -0.497 e. The molecule has 0 bridgehead atoms. The Labute approximate surface area is 150 Å². The fourth-order valence-corrected chi connectivity index (χ4v) is 2.50. The zero-order chi connectivity index (χ0) is 17.7. The Balaban J connectivity index is 1.47. The number of carbonyl (C=O) groups is 1. The molecule has 0 spiro atoms. The fourth-order valence-electron chi connectivity index (χ4n) is 2.50. The van der Waals surface area contributed by atoms with Gasteiger partial charge in [0.1, 0.15) is 11.5 Å². The molecule has 0 aliphatic rings. The first kappa shape index (κ1) is 18.8. The first-order chi connectivity index (χ1) is 12.3. The van der Waals surface area contributed by atoms with Gasteiger partial charge in [-0.3, -0.25) is 4.79 Å². The van der Waals surface area contributed by atoms with Crippen molar-refractivity contribution in [2.45, 2.75) is 32.1 Å². The normalized spacial score (nSPS) is 10.3. The lowest BCUT2D eigenvalue weighted by Crippen LogP contribution is -2.24. The highest BCUT2D eigenvalue weighted by molar-refractivity contribution is 5.75. The second-order valence-electron chi connectivity index (χ2n) is 5.92. The zero-order valence-corrected chi connectivity index (χ0v) is 14.9. The van der Waals surface area contributed by atoms with Gasteiger partial charge < -0.3 is 14.8 Å². The number of ether oxygens (including phenoxy) is 2. The highest BCUT2D eigenvalue weighted by atomic mass is 16.5. The Morgan fingerprint density at radius 1 is 0.920 bits per heavy atom. The zero-order valence-electron chi connectivity index (χ0n) is 14.9. The minimum absolute atomic E-state index is 0.0982. The number of amides is 1. The lowest BCUT2D eigenvalue weighted by molar-refractivity contribution is -0.121. The SMILES string of the molecule is COc1ccc(CCCCNC(=O)CCCOc2ccccc2)cc1. The predicted octanol–water partition coefficient (Wildman–Crippen LogP) is 3.99. The van der Waals surface area contributed by atoms with Crippen molar-refractivity contribution in [3.05, 3.63) is 60.2 Å². The van der Waals surface area contributed by atoms with Gasteiger partial charge in [0.25, 0.3) is 0 Å². The molecule has 0 heterocycles. The summed E-state index contributed by atoms with van der Waals surface area (Å²) in [6.45, 7) is 1.30. The Kier molecular flexibility index (Phi) is 8.39. The number of benzene rings is 2. The number of rotatable bonds is 11. The molecule has 2 rings (SSSR count). The first-order valence-electron chi connectivity index (χ1n) is 8.85. The van der Waals surface area contributed by atoms with Gasteiger partial charge in [-0.25, -0.2) is 0 Å². The number of hydrogen-bond donors (Lipinski definition) is 1. The van der Waals surface area contributed by atoms with Gasteiger partial charge >= 0.3 is 0 Å². The fraction of sp³-hybridized carbons (Fsp3) is 0.381. The molecule has 2 aromatic rings. The van der Waals surface area contributed by atoms with Crippen LogP contribution in [0.2, 0.25) is 0 Å². The second kappa shape index (κ2) is 11.1. The van der Waals surface area contributed by atoms with Crippen molar-refractivity contribution in [2.75, 3.05) is 20.3 Å². The molecule has 1 N–H and O–H groups in total. The van der Waals surface area contributed by atoms with Crippen LogP contribution in [0, 0.1) is 0 Å². The summed E-state index contributed by atoms with van der Waals surface area (Å²) in [5.41, 5.74) is 1.30. The Hall–Kier alpha value is -2.49. The van der Waals surface area contributed by atoms with E-state index < -0.39 is 0 Å². The molecule has 0 saturated heterocycles. The molecule has 0 fully saturated rings. The monoisotopic (exact) mass is 341 g/mol. The molecule has 0 saturated carbocycles. The van der Waals surface area contributed by atoms with Gasteiger partial charge in [0.15, 0.2) is 0 Å². The molecule has 0 radical (unpaired) electrons. The molecule has 1 amide bonds. The van der Waals surface area contributed by atoms with E-state index in [1.54, 1.807) is 7.11 Å². The third-order valence-electron chi connectivity index (χ3n) is 3.93. The largest absolute Gasteiger partial charge is 0.497 e. The van der Waals surface area contributed by atoms with Crippen molar-refractivity contribution in [1.82, 2.24) is 5.32 Å². The van der Waals surface area contributed by atoms with Crippen molar-refractivity contribution in [2.24, 2.45) is 0 Å². The molecule has 0 aliphatic heterocycles. The van der Waals surface area contributed by atoms with Crippen LogP contribution in [-0.4, -0.2) is 26.2 Å². The van der Waals surface area contributed by atoms with E-state index in [1.807, 2.05) is 42.5 Å². The van der Waals surface area contributed by atoms with Gasteiger partial charge in [0, 0.05) is 13.0 Å². The van der Waals surface area contributed by atoms with Crippen molar-refractivity contribution < 1.29 is 14.3 Å². The van der Waals surface area contributed by atoms with Gasteiger partial charge in [0.2, 0.25) is 5.91 Å². The molecule has 0 unspecified atom stereocenters. The van der Waals surface area contributed by atoms with Crippen LogP contribution in [0.1, 0.15) is 31.2 Å². The van der Waals surface area contributed by atoms with Crippen molar-refractivity contribution in [1.29, 1.82) is 0 Å². The smallest absolute Gasteiger partial charge is 0.220 e. The topological polar surface area (TPSA) is 47.6 Å². The van der Waals surface area contributed by atoms with E-state index in [0.717, 1.165) is 43.7 Å². The molecule has 134 valence electrons. The van der Waals surface area contributed by atoms with Crippen LogP contribution in [0.3, 0.4) is 0 Å². The number of hydrogen-bond acceptors (Lipinski definition) is 3. The number of aryl methyl sites for hydroxylation is 1. The molecule has 0 atom stereocenters. The van der Waals surface area contributed by atoms with E-state index in [4.69, 9.17) is 9.47 Å². The first-order valence-corrected chi connectivity index (χ1v) is 8.85. The maximum atomic E-state index is 11.8. The number of carbonyl (C=O) groups excluding carboxylic acids is 1. The molecular formula is C21H27NO3. The third-order valence-corrected chi connectivity index (χ3v) is 3.93. The third kappa shape index (κ3) is 7.75. The summed E-state index contributed by atoms with van der Waals surface area (Å²) >= 11 is 0. The summed E-state index contributed by atoms with van der Waals surface area (Å²) in [6.07, 6.45) is 4.30. The van der Waals surface area contributed by atoms with E-state index in [0.29, 0.717) is 13.0 Å². The molecule has 4 heteroatoms. The average Bonchev–Trinajstić information content (AvgIpc) is 2.66. The predicted molar refractivity (Wildman–Crippen MR) is 100 cm³/mol. The molecule has 2 aromatic carbocycles. The average molecular weight is 341 g/mol. The summed E-state index contributed by atoms with van der Waals surface area (Å²) in [7, 11) is 1.67. The molecular weight excluding hydrogens is 314 g/mol. The lowest BCUT2D eigenvalue weighted by Gasteiger charge is -2.07. The van der Waals surface area contributed by atoms with Crippen molar-refractivity contribution >= 4 is 5.91 Å². The van der Waals surface area contributed by atoms with Crippen molar-refractivity contribution in [3.63, 3.8) is 0 Å². The van der Waals surface area contributed by atoms with Gasteiger partial charge in [-0.15, -0.1) is 0 Å². The van der Waals surface area contributed by atoms with Gasteiger partial charge in [-0.1, -0.05) is 30.3 Å². The van der Waals surface area contributed by atoms with Crippen LogP contribution in [0.4, 0.5) is 0 Å². The Bertz CT molecular complexity index is 611. The number of methoxy groups -OCH3 is 1. The Morgan fingerprint density at radius 3 is 2.40 bits per heavy atom. The molecule has 0 aliphatic carbocycles. The number of para-hydroxylation sites is 1. The minimum atomic E-state index is 0.0982. The van der Waals surface area contributed by atoms with Gasteiger partial charge in [-0.05, 0) is 55.5 Å². The summed E-state index contributed by atoms with van der Waals surface area (Å²) in [5, 5.41) is 2.97.